The largest absolute Gasteiger partial charge is 0.376 e. The van der Waals surface area contributed by atoms with Gasteiger partial charge in [-0.2, -0.15) is 0 Å². The van der Waals surface area contributed by atoms with Gasteiger partial charge in [0.05, 0.1) is 17.1 Å². The molecule has 0 spiro atoms. The van der Waals surface area contributed by atoms with Crippen LogP contribution >= 0.6 is 22.6 Å². The monoisotopic (exact) mass is 377 g/mol. The zero-order chi connectivity index (χ0) is 14.0. The minimum atomic E-state index is -0.385. The Morgan fingerprint density at radius 2 is 2.37 bits per heavy atom. The third-order valence-electron chi connectivity index (χ3n) is 3.23. The summed E-state index contributed by atoms with van der Waals surface area (Å²) < 4.78 is 6.37. The van der Waals surface area contributed by atoms with Crippen molar-refractivity contribution < 1.29 is 9.66 Å². The van der Waals surface area contributed by atoms with E-state index in [4.69, 9.17) is 10.5 Å². The molecule has 0 radical (unpaired) electrons. The molecule has 0 saturated heterocycles. The smallest absolute Gasteiger partial charge is 0.293 e. The van der Waals surface area contributed by atoms with Crippen molar-refractivity contribution in [2.75, 3.05) is 11.9 Å². The van der Waals surface area contributed by atoms with Crippen LogP contribution in [0.15, 0.2) is 18.2 Å². The first-order chi connectivity index (χ1) is 9.02. The Bertz CT molecular complexity index is 481. The van der Waals surface area contributed by atoms with Gasteiger partial charge < -0.3 is 15.8 Å². The molecule has 7 heteroatoms. The number of nitro groups is 1. The lowest BCUT2D eigenvalue weighted by Crippen LogP contribution is -2.60. The van der Waals surface area contributed by atoms with E-state index in [1.165, 1.54) is 0 Å². The first-order valence-electron chi connectivity index (χ1n) is 6.10. The Kier molecular flexibility index (Phi) is 4.58. The van der Waals surface area contributed by atoms with Crippen molar-refractivity contribution in [1.29, 1.82) is 0 Å². The zero-order valence-corrected chi connectivity index (χ0v) is 12.7. The molecule has 3 atom stereocenters. The van der Waals surface area contributed by atoms with Crippen LogP contribution < -0.4 is 11.1 Å². The van der Waals surface area contributed by atoms with Gasteiger partial charge in [-0.1, -0.05) is 0 Å². The van der Waals surface area contributed by atoms with E-state index in [-0.39, 0.29) is 28.8 Å². The zero-order valence-electron chi connectivity index (χ0n) is 10.5. The molecule has 3 unspecified atom stereocenters. The van der Waals surface area contributed by atoms with Crippen LogP contribution in [0.1, 0.15) is 13.3 Å². The van der Waals surface area contributed by atoms with Gasteiger partial charge >= 0.3 is 0 Å². The predicted octanol–water partition coefficient (Wildman–Crippen LogP) is 2.12. The summed E-state index contributed by atoms with van der Waals surface area (Å²) in [6.45, 7) is 2.54. The summed E-state index contributed by atoms with van der Waals surface area (Å²) in [4.78, 5) is 10.7. The molecule has 0 bridgehead atoms. The number of hydrogen-bond donors (Lipinski definition) is 2. The molecule has 1 fully saturated rings. The second-order valence-corrected chi connectivity index (χ2v) is 5.73. The second kappa shape index (κ2) is 6.02. The predicted molar refractivity (Wildman–Crippen MR) is 81.2 cm³/mol. The first kappa shape index (κ1) is 14.5. The Morgan fingerprint density at radius 1 is 1.63 bits per heavy atom. The Morgan fingerprint density at radius 3 is 2.95 bits per heavy atom. The van der Waals surface area contributed by atoms with Gasteiger partial charge in [0.25, 0.3) is 5.69 Å². The summed E-state index contributed by atoms with van der Waals surface area (Å²) in [5.41, 5.74) is 6.50. The summed E-state index contributed by atoms with van der Waals surface area (Å²) in [7, 11) is 0. The van der Waals surface area contributed by atoms with Gasteiger partial charge in [-0.05, 0) is 48.1 Å². The lowest BCUT2D eigenvalue weighted by atomic mass is 9.83. The van der Waals surface area contributed by atoms with Gasteiger partial charge in [-0.15, -0.1) is 0 Å². The minimum Gasteiger partial charge on any atom is -0.376 e. The normalized spacial score (nSPS) is 25.7. The summed E-state index contributed by atoms with van der Waals surface area (Å²) >= 11 is 2.05. The van der Waals surface area contributed by atoms with E-state index in [1.807, 2.05) is 13.0 Å². The van der Waals surface area contributed by atoms with Crippen LogP contribution in [0.3, 0.4) is 0 Å². The van der Waals surface area contributed by atoms with Crippen molar-refractivity contribution in [3.63, 3.8) is 0 Å². The average molecular weight is 377 g/mol. The van der Waals surface area contributed by atoms with E-state index >= 15 is 0 Å². The fourth-order valence-corrected chi connectivity index (χ4v) is 2.66. The fourth-order valence-electron chi connectivity index (χ4n) is 2.18. The summed E-state index contributed by atoms with van der Waals surface area (Å²) in [6, 6.07) is 4.99. The van der Waals surface area contributed by atoms with Crippen molar-refractivity contribution in [2.24, 2.45) is 5.73 Å². The molecule has 1 aliphatic rings. The fraction of sp³-hybridized carbons (Fsp3) is 0.500. The van der Waals surface area contributed by atoms with Crippen LogP contribution in [-0.2, 0) is 4.74 Å². The molecule has 3 N–H and O–H groups in total. The number of nitrogens with one attached hydrogen (secondary N) is 1. The van der Waals surface area contributed by atoms with Gasteiger partial charge in [0.1, 0.15) is 5.69 Å². The highest BCUT2D eigenvalue weighted by molar-refractivity contribution is 14.1. The number of nitro benzene ring substituents is 1. The number of nitrogens with zero attached hydrogens (tertiary/aromatic N) is 1. The van der Waals surface area contributed by atoms with Crippen LogP contribution in [0.25, 0.3) is 0 Å². The molecule has 104 valence electrons. The van der Waals surface area contributed by atoms with Gasteiger partial charge in [0.15, 0.2) is 0 Å². The quantitative estimate of drug-likeness (QED) is 0.466. The molecule has 0 heterocycles. The van der Waals surface area contributed by atoms with Crippen LogP contribution in [0.4, 0.5) is 11.4 Å². The number of halogens is 1. The van der Waals surface area contributed by atoms with E-state index in [0.29, 0.717) is 12.3 Å². The molecule has 0 amide bonds. The van der Waals surface area contributed by atoms with Gasteiger partial charge in [0, 0.05) is 22.3 Å². The molecule has 6 nitrogen and oxygen atoms in total. The molecule has 1 aromatic rings. The van der Waals surface area contributed by atoms with Gasteiger partial charge in [-0.25, -0.2) is 0 Å². The number of benzene rings is 1. The highest BCUT2D eigenvalue weighted by atomic mass is 127. The van der Waals surface area contributed by atoms with Crippen molar-refractivity contribution in [1.82, 2.24) is 0 Å². The topological polar surface area (TPSA) is 90.4 Å². The Hall–Kier alpha value is -0.930. The summed E-state index contributed by atoms with van der Waals surface area (Å²) in [5, 5.41) is 14.2. The maximum atomic E-state index is 11.1. The lowest BCUT2D eigenvalue weighted by molar-refractivity contribution is -0.384. The van der Waals surface area contributed by atoms with E-state index in [0.717, 1.165) is 9.99 Å². The number of rotatable bonds is 5. The highest BCUT2D eigenvalue weighted by Gasteiger charge is 2.40. The van der Waals surface area contributed by atoms with Crippen LogP contribution in [0.2, 0.25) is 0 Å². The minimum absolute atomic E-state index is 0.0267. The number of hydrogen-bond acceptors (Lipinski definition) is 5. The SMILES string of the molecule is CCOC1CC(N)C1Nc1ccc(I)cc1[N+](=O)[O-]. The molecule has 19 heavy (non-hydrogen) atoms. The van der Waals surface area contributed by atoms with Gasteiger partial charge in [-0.3, -0.25) is 10.1 Å². The molecule has 1 aliphatic carbocycles. The third kappa shape index (κ3) is 3.15. The molecule has 0 aliphatic heterocycles. The summed E-state index contributed by atoms with van der Waals surface area (Å²) in [6.07, 6.45) is 0.808. The number of anilines is 1. The van der Waals surface area contributed by atoms with Crippen LogP contribution in [0, 0.1) is 13.7 Å². The molecule has 1 aromatic carbocycles. The van der Waals surface area contributed by atoms with E-state index in [9.17, 15) is 10.1 Å². The van der Waals surface area contributed by atoms with Crippen LogP contribution in [-0.4, -0.2) is 29.7 Å². The van der Waals surface area contributed by atoms with Crippen molar-refractivity contribution >= 4 is 34.0 Å². The standard InChI is InChI=1S/C12H16IN3O3/c1-2-19-11-6-8(14)12(11)15-9-4-3-7(13)5-10(9)16(17)18/h3-5,8,11-12,15H,2,6,14H2,1H3. The molecule has 1 saturated carbocycles. The molecular formula is C12H16IN3O3. The van der Waals surface area contributed by atoms with E-state index in [1.54, 1.807) is 12.1 Å². The van der Waals surface area contributed by atoms with Crippen molar-refractivity contribution in [3.8, 4) is 0 Å². The maximum Gasteiger partial charge on any atom is 0.293 e. The van der Waals surface area contributed by atoms with E-state index in [2.05, 4.69) is 27.9 Å². The Labute approximate surface area is 125 Å². The molecule has 0 aromatic heterocycles. The van der Waals surface area contributed by atoms with Crippen molar-refractivity contribution in [2.45, 2.75) is 31.5 Å². The van der Waals surface area contributed by atoms with E-state index < -0.39 is 0 Å². The Balaban J connectivity index is 2.16. The maximum absolute atomic E-state index is 11.1. The van der Waals surface area contributed by atoms with Crippen molar-refractivity contribution in [3.05, 3.63) is 31.9 Å². The van der Waals surface area contributed by atoms with Gasteiger partial charge in [0.2, 0.25) is 0 Å². The second-order valence-electron chi connectivity index (χ2n) is 4.48. The van der Waals surface area contributed by atoms with Crippen LogP contribution in [0.5, 0.6) is 0 Å². The highest BCUT2D eigenvalue weighted by Crippen LogP contribution is 2.31. The summed E-state index contributed by atoms with van der Waals surface area (Å²) in [5.74, 6) is 0. The lowest BCUT2D eigenvalue weighted by Gasteiger charge is -2.42. The number of ether oxygens (including phenoxy) is 1. The number of nitrogens with two attached hydrogens (primary N) is 1. The third-order valence-corrected chi connectivity index (χ3v) is 3.90. The molecular weight excluding hydrogens is 361 g/mol. The average Bonchev–Trinajstić information content (AvgIpc) is 2.36. The first-order valence-corrected chi connectivity index (χ1v) is 7.18. The molecule has 2 rings (SSSR count).